The number of amides is 2. The highest BCUT2D eigenvalue weighted by atomic mass is 35.5. The van der Waals surface area contributed by atoms with E-state index in [9.17, 15) is 9.59 Å². The van der Waals surface area contributed by atoms with Crippen LogP contribution in [0.2, 0.25) is 5.02 Å². The van der Waals surface area contributed by atoms with E-state index in [1.165, 1.54) is 0 Å². The van der Waals surface area contributed by atoms with Gasteiger partial charge in [0.1, 0.15) is 0 Å². The number of hydrogen-bond donors (Lipinski definition) is 1. The molecule has 0 radical (unpaired) electrons. The zero-order chi connectivity index (χ0) is 21.7. The molecule has 1 aliphatic heterocycles. The highest BCUT2D eigenvalue weighted by Crippen LogP contribution is 2.42. The van der Waals surface area contributed by atoms with Gasteiger partial charge in [-0.15, -0.1) is 0 Å². The molecular formula is C23H27ClN2O4. The number of ether oxygens (including phenoxy) is 2. The molecule has 0 saturated carbocycles. The smallest absolute Gasteiger partial charge is 0.253 e. The summed E-state index contributed by atoms with van der Waals surface area (Å²) in [6, 6.07) is 12.5. The summed E-state index contributed by atoms with van der Waals surface area (Å²) in [5.74, 6) is 0.386. The van der Waals surface area contributed by atoms with Crippen LogP contribution in [0.4, 0.5) is 0 Å². The Morgan fingerprint density at radius 3 is 2.57 bits per heavy atom. The van der Waals surface area contributed by atoms with Gasteiger partial charge in [-0.3, -0.25) is 9.59 Å². The topological polar surface area (TPSA) is 67.9 Å². The number of nitrogens with one attached hydrogen (secondary N) is 1. The van der Waals surface area contributed by atoms with Crippen LogP contribution in [-0.4, -0.2) is 50.6 Å². The van der Waals surface area contributed by atoms with E-state index in [0.29, 0.717) is 41.7 Å². The van der Waals surface area contributed by atoms with Crippen LogP contribution in [0, 0.1) is 5.92 Å². The molecule has 30 heavy (non-hydrogen) atoms. The first-order chi connectivity index (χ1) is 14.5. The van der Waals surface area contributed by atoms with Gasteiger partial charge in [0, 0.05) is 41.7 Å². The van der Waals surface area contributed by atoms with Crippen molar-refractivity contribution in [2.24, 2.45) is 5.92 Å². The van der Waals surface area contributed by atoms with Gasteiger partial charge in [-0.2, -0.15) is 0 Å². The second-order valence-corrected chi connectivity index (χ2v) is 7.74. The van der Waals surface area contributed by atoms with Gasteiger partial charge in [0.05, 0.1) is 20.1 Å². The van der Waals surface area contributed by atoms with Crippen molar-refractivity contribution in [2.75, 3.05) is 33.9 Å². The molecule has 2 aromatic rings. The van der Waals surface area contributed by atoms with E-state index in [1.807, 2.05) is 25.1 Å². The molecule has 7 heteroatoms. The standard InChI is InChI=1S/C23H27ClN2O4/c1-4-11-25-22(27)19-14-26(23(28)15-7-5-8-16(24)12-15)13-18(19)17-9-6-10-20(29-2)21(17)30-3/h5-10,12,18-19H,4,11,13-14H2,1-3H3,(H,25,27). The quantitative estimate of drug-likeness (QED) is 0.726. The Bertz CT molecular complexity index is 918. The fraction of sp³-hybridized carbons (Fsp3) is 0.391. The maximum atomic E-state index is 13.1. The molecule has 6 nitrogen and oxygen atoms in total. The molecule has 1 fully saturated rings. The van der Waals surface area contributed by atoms with Crippen LogP contribution in [0.15, 0.2) is 42.5 Å². The Kier molecular flexibility index (Phi) is 7.21. The van der Waals surface area contributed by atoms with Crippen molar-refractivity contribution in [1.29, 1.82) is 0 Å². The Hall–Kier alpha value is -2.73. The van der Waals surface area contributed by atoms with Gasteiger partial charge in [-0.25, -0.2) is 0 Å². The summed E-state index contributed by atoms with van der Waals surface area (Å²) >= 11 is 6.06. The second kappa shape index (κ2) is 9.85. The maximum Gasteiger partial charge on any atom is 0.253 e. The number of para-hydroxylation sites is 1. The number of halogens is 1. The molecule has 1 saturated heterocycles. The largest absolute Gasteiger partial charge is 0.493 e. The summed E-state index contributed by atoms with van der Waals surface area (Å²) in [4.78, 5) is 27.8. The number of benzene rings is 2. The number of carbonyl (C=O) groups is 2. The van der Waals surface area contributed by atoms with E-state index in [-0.39, 0.29) is 23.7 Å². The lowest BCUT2D eigenvalue weighted by Gasteiger charge is -2.21. The van der Waals surface area contributed by atoms with E-state index in [1.54, 1.807) is 43.4 Å². The molecule has 2 atom stereocenters. The van der Waals surface area contributed by atoms with E-state index < -0.39 is 0 Å². The zero-order valence-corrected chi connectivity index (χ0v) is 18.2. The summed E-state index contributed by atoms with van der Waals surface area (Å²) in [6.07, 6.45) is 0.844. The second-order valence-electron chi connectivity index (χ2n) is 7.31. The lowest BCUT2D eigenvalue weighted by atomic mass is 9.87. The Morgan fingerprint density at radius 2 is 1.90 bits per heavy atom. The maximum absolute atomic E-state index is 13.1. The predicted molar refractivity (Wildman–Crippen MR) is 116 cm³/mol. The van der Waals surface area contributed by atoms with E-state index in [2.05, 4.69) is 5.32 Å². The lowest BCUT2D eigenvalue weighted by molar-refractivity contribution is -0.124. The van der Waals surface area contributed by atoms with Gasteiger partial charge < -0.3 is 19.7 Å². The summed E-state index contributed by atoms with van der Waals surface area (Å²) in [7, 11) is 3.16. The molecule has 0 bridgehead atoms. The summed E-state index contributed by atoms with van der Waals surface area (Å²) in [5, 5.41) is 3.48. The molecule has 0 spiro atoms. The van der Waals surface area contributed by atoms with Gasteiger partial charge in [0.2, 0.25) is 5.91 Å². The van der Waals surface area contributed by atoms with Crippen LogP contribution in [0.3, 0.4) is 0 Å². The van der Waals surface area contributed by atoms with Gasteiger partial charge in [0.15, 0.2) is 11.5 Å². The first-order valence-electron chi connectivity index (χ1n) is 10.0. The zero-order valence-electron chi connectivity index (χ0n) is 17.5. The normalized spacial score (nSPS) is 18.2. The Morgan fingerprint density at radius 1 is 1.13 bits per heavy atom. The molecule has 0 aliphatic carbocycles. The Balaban J connectivity index is 1.95. The SMILES string of the molecule is CCCNC(=O)C1CN(C(=O)c2cccc(Cl)c2)CC1c1cccc(OC)c1OC. The first-order valence-corrected chi connectivity index (χ1v) is 10.4. The van der Waals surface area contributed by atoms with E-state index in [4.69, 9.17) is 21.1 Å². The average Bonchev–Trinajstić information content (AvgIpc) is 3.21. The first kappa shape index (κ1) is 22.0. The summed E-state index contributed by atoms with van der Waals surface area (Å²) < 4.78 is 11.0. The van der Waals surface area contributed by atoms with E-state index in [0.717, 1.165) is 12.0 Å². The third-order valence-corrected chi connectivity index (χ3v) is 5.63. The predicted octanol–water partition coefficient (Wildman–Crippen LogP) is 3.74. The fourth-order valence-corrected chi connectivity index (χ4v) is 4.13. The number of carbonyl (C=O) groups excluding carboxylic acids is 2. The number of hydrogen-bond acceptors (Lipinski definition) is 4. The van der Waals surface area contributed by atoms with Gasteiger partial charge in [0.25, 0.3) is 5.91 Å². The van der Waals surface area contributed by atoms with Crippen LogP contribution < -0.4 is 14.8 Å². The molecule has 160 valence electrons. The fourth-order valence-electron chi connectivity index (χ4n) is 3.94. The average molecular weight is 431 g/mol. The minimum Gasteiger partial charge on any atom is -0.493 e. The highest BCUT2D eigenvalue weighted by molar-refractivity contribution is 6.30. The minimum atomic E-state index is -0.388. The van der Waals surface area contributed by atoms with Crippen molar-refractivity contribution in [1.82, 2.24) is 10.2 Å². The summed E-state index contributed by atoms with van der Waals surface area (Å²) in [5.41, 5.74) is 1.36. The molecule has 1 aliphatic rings. The van der Waals surface area contributed by atoms with Crippen molar-refractivity contribution < 1.29 is 19.1 Å². The van der Waals surface area contributed by atoms with Crippen LogP contribution in [0.1, 0.15) is 35.2 Å². The molecule has 3 rings (SSSR count). The molecule has 2 aromatic carbocycles. The molecule has 1 N–H and O–H groups in total. The molecule has 0 aromatic heterocycles. The van der Waals surface area contributed by atoms with Gasteiger partial charge >= 0.3 is 0 Å². The number of likely N-dealkylation sites (tertiary alicyclic amines) is 1. The monoisotopic (exact) mass is 430 g/mol. The number of rotatable bonds is 7. The van der Waals surface area contributed by atoms with E-state index >= 15 is 0 Å². The van der Waals surface area contributed by atoms with Crippen molar-refractivity contribution in [3.8, 4) is 11.5 Å². The van der Waals surface area contributed by atoms with Crippen molar-refractivity contribution in [3.63, 3.8) is 0 Å². The highest BCUT2D eigenvalue weighted by Gasteiger charge is 2.42. The third kappa shape index (κ3) is 4.54. The van der Waals surface area contributed by atoms with Gasteiger partial charge in [-0.05, 0) is 30.7 Å². The molecule has 1 heterocycles. The number of nitrogens with zero attached hydrogens (tertiary/aromatic N) is 1. The van der Waals surface area contributed by atoms with Crippen LogP contribution >= 0.6 is 11.6 Å². The van der Waals surface area contributed by atoms with Crippen molar-refractivity contribution >= 4 is 23.4 Å². The molecule has 2 amide bonds. The van der Waals surface area contributed by atoms with Gasteiger partial charge in [-0.1, -0.05) is 36.7 Å². The van der Waals surface area contributed by atoms with Crippen LogP contribution in [0.5, 0.6) is 11.5 Å². The van der Waals surface area contributed by atoms with Crippen LogP contribution in [0.25, 0.3) is 0 Å². The number of methoxy groups -OCH3 is 2. The third-order valence-electron chi connectivity index (χ3n) is 5.40. The molecule has 2 unspecified atom stereocenters. The van der Waals surface area contributed by atoms with Crippen molar-refractivity contribution in [2.45, 2.75) is 19.3 Å². The van der Waals surface area contributed by atoms with Crippen LogP contribution in [-0.2, 0) is 4.79 Å². The summed E-state index contributed by atoms with van der Waals surface area (Å²) in [6.45, 7) is 3.33. The molecular weight excluding hydrogens is 404 g/mol. The van der Waals surface area contributed by atoms with Crippen molar-refractivity contribution in [3.05, 3.63) is 58.6 Å². The minimum absolute atomic E-state index is 0.0619. The lowest BCUT2D eigenvalue weighted by Crippen LogP contribution is -2.36. The Labute approximate surface area is 182 Å².